The van der Waals surface area contributed by atoms with Crippen molar-refractivity contribution in [1.82, 2.24) is 5.32 Å². The predicted molar refractivity (Wildman–Crippen MR) is 79.9 cm³/mol. The molecule has 2 rings (SSSR count). The van der Waals surface area contributed by atoms with E-state index in [9.17, 15) is 0 Å². The van der Waals surface area contributed by atoms with Gasteiger partial charge in [-0.05, 0) is 12.0 Å². The first-order chi connectivity index (χ1) is 7.83. The minimum atomic E-state index is 0. The summed E-state index contributed by atoms with van der Waals surface area (Å²) in [4.78, 5) is 0. The summed E-state index contributed by atoms with van der Waals surface area (Å²) in [7, 11) is 1.73. The topological polar surface area (TPSA) is 47.3 Å². The van der Waals surface area contributed by atoms with E-state index in [1.165, 1.54) is 5.56 Å². The lowest BCUT2D eigenvalue weighted by molar-refractivity contribution is 0.183. The highest BCUT2D eigenvalue weighted by molar-refractivity contribution is 5.85. The summed E-state index contributed by atoms with van der Waals surface area (Å²) >= 11 is 0. The van der Waals surface area contributed by atoms with Gasteiger partial charge in [-0.3, -0.25) is 0 Å². The Bertz CT molecular complexity index is 324. The fraction of sp³-hybridized carbons (Fsp3) is 0.538. The van der Waals surface area contributed by atoms with E-state index in [0.29, 0.717) is 12.0 Å². The van der Waals surface area contributed by atoms with Gasteiger partial charge < -0.3 is 15.8 Å². The van der Waals surface area contributed by atoms with Crippen molar-refractivity contribution in [3.8, 4) is 0 Å². The van der Waals surface area contributed by atoms with Gasteiger partial charge in [0.1, 0.15) is 0 Å². The number of benzene rings is 1. The second kappa shape index (κ2) is 8.73. The lowest BCUT2D eigenvalue weighted by Gasteiger charge is -2.19. The van der Waals surface area contributed by atoms with Crippen LogP contribution in [0, 0.1) is 0 Å². The van der Waals surface area contributed by atoms with Crippen LogP contribution in [0.3, 0.4) is 0 Å². The quantitative estimate of drug-likeness (QED) is 0.892. The second-order valence-electron chi connectivity index (χ2n) is 4.39. The molecular formula is C13H22Cl2N2O. The highest BCUT2D eigenvalue weighted by atomic mass is 35.5. The Labute approximate surface area is 121 Å². The Morgan fingerprint density at radius 2 is 1.94 bits per heavy atom. The molecule has 0 saturated carbocycles. The summed E-state index contributed by atoms with van der Waals surface area (Å²) in [5.74, 6) is 0.433. The predicted octanol–water partition coefficient (Wildman–Crippen LogP) is 1.95. The lowest BCUT2D eigenvalue weighted by atomic mass is 9.91. The first-order valence-corrected chi connectivity index (χ1v) is 5.86. The van der Waals surface area contributed by atoms with Crippen LogP contribution in [0.25, 0.3) is 0 Å². The van der Waals surface area contributed by atoms with Gasteiger partial charge in [0, 0.05) is 38.3 Å². The highest BCUT2D eigenvalue weighted by Gasteiger charge is 2.33. The zero-order chi connectivity index (χ0) is 11.4. The number of nitrogens with one attached hydrogen (secondary N) is 1. The molecule has 0 aromatic heterocycles. The zero-order valence-corrected chi connectivity index (χ0v) is 12.2. The van der Waals surface area contributed by atoms with Crippen molar-refractivity contribution in [3.63, 3.8) is 0 Å². The van der Waals surface area contributed by atoms with Gasteiger partial charge in [0.15, 0.2) is 0 Å². The average Bonchev–Trinajstić information content (AvgIpc) is 2.69. The van der Waals surface area contributed by atoms with E-state index in [1.807, 2.05) is 6.07 Å². The van der Waals surface area contributed by atoms with Crippen molar-refractivity contribution in [3.05, 3.63) is 35.9 Å². The van der Waals surface area contributed by atoms with Gasteiger partial charge in [0.25, 0.3) is 0 Å². The normalized spacial score (nSPS) is 26.2. The van der Waals surface area contributed by atoms with Crippen molar-refractivity contribution in [2.24, 2.45) is 5.73 Å². The SMILES string of the molecule is COCCC1NCC(c2ccccc2)C1N.Cl.Cl. The molecule has 1 aliphatic heterocycles. The molecular weight excluding hydrogens is 271 g/mol. The molecule has 1 fully saturated rings. The Hall–Kier alpha value is -0.320. The largest absolute Gasteiger partial charge is 0.385 e. The summed E-state index contributed by atoms with van der Waals surface area (Å²) in [5.41, 5.74) is 7.61. The molecule has 1 aromatic rings. The third-order valence-corrected chi connectivity index (χ3v) is 3.39. The molecule has 0 radical (unpaired) electrons. The Morgan fingerprint density at radius 3 is 2.56 bits per heavy atom. The highest BCUT2D eigenvalue weighted by Crippen LogP contribution is 2.25. The number of nitrogens with two attached hydrogens (primary N) is 1. The maximum atomic E-state index is 6.28. The minimum Gasteiger partial charge on any atom is -0.385 e. The van der Waals surface area contributed by atoms with Crippen molar-refractivity contribution in [2.75, 3.05) is 20.3 Å². The van der Waals surface area contributed by atoms with Gasteiger partial charge in [-0.25, -0.2) is 0 Å². The van der Waals surface area contributed by atoms with Crippen LogP contribution < -0.4 is 11.1 Å². The van der Waals surface area contributed by atoms with E-state index in [1.54, 1.807) is 7.11 Å². The van der Waals surface area contributed by atoms with Crippen LogP contribution in [0.2, 0.25) is 0 Å². The van der Waals surface area contributed by atoms with Crippen molar-refractivity contribution < 1.29 is 4.74 Å². The molecule has 0 amide bonds. The van der Waals surface area contributed by atoms with Crippen LogP contribution in [0.4, 0.5) is 0 Å². The number of hydrogen-bond donors (Lipinski definition) is 2. The van der Waals surface area contributed by atoms with Crippen LogP contribution >= 0.6 is 24.8 Å². The molecule has 3 unspecified atom stereocenters. The van der Waals surface area contributed by atoms with Gasteiger partial charge in [-0.1, -0.05) is 30.3 Å². The Balaban J connectivity index is 0.00000144. The van der Waals surface area contributed by atoms with Crippen LogP contribution in [0.5, 0.6) is 0 Å². The maximum absolute atomic E-state index is 6.28. The van der Waals surface area contributed by atoms with Gasteiger partial charge >= 0.3 is 0 Å². The molecule has 3 N–H and O–H groups in total. The van der Waals surface area contributed by atoms with E-state index in [4.69, 9.17) is 10.5 Å². The second-order valence-corrected chi connectivity index (χ2v) is 4.39. The van der Waals surface area contributed by atoms with E-state index in [2.05, 4.69) is 29.6 Å². The molecule has 0 aliphatic carbocycles. The number of methoxy groups -OCH3 is 1. The number of halogens is 2. The summed E-state index contributed by atoms with van der Waals surface area (Å²) in [5, 5.41) is 3.48. The van der Waals surface area contributed by atoms with Gasteiger partial charge in [-0.15, -0.1) is 24.8 Å². The first kappa shape index (κ1) is 17.7. The van der Waals surface area contributed by atoms with E-state index in [-0.39, 0.29) is 30.9 Å². The van der Waals surface area contributed by atoms with Gasteiger partial charge in [-0.2, -0.15) is 0 Å². The molecule has 1 saturated heterocycles. The fourth-order valence-electron chi connectivity index (χ4n) is 2.41. The smallest absolute Gasteiger partial charge is 0.0477 e. The minimum absolute atomic E-state index is 0. The summed E-state index contributed by atoms with van der Waals surface area (Å²) in [6, 6.07) is 11.1. The average molecular weight is 293 g/mol. The summed E-state index contributed by atoms with van der Waals surface area (Å²) in [6.45, 7) is 1.74. The van der Waals surface area contributed by atoms with Crippen molar-refractivity contribution >= 4 is 24.8 Å². The molecule has 104 valence electrons. The standard InChI is InChI=1S/C13H20N2O.2ClH/c1-16-8-7-12-13(14)11(9-15-12)10-5-3-2-4-6-10;;/h2-6,11-13,15H,7-9,14H2,1H3;2*1H. The number of rotatable bonds is 4. The van der Waals surface area contributed by atoms with Crippen molar-refractivity contribution in [2.45, 2.75) is 24.4 Å². The van der Waals surface area contributed by atoms with Crippen LogP contribution in [0.1, 0.15) is 17.9 Å². The number of ether oxygens (including phenoxy) is 1. The van der Waals surface area contributed by atoms with Gasteiger partial charge in [0.2, 0.25) is 0 Å². The van der Waals surface area contributed by atoms with Crippen LogP contribution in [0.15, 0.2) is 30.3 Å². The zero-order valence-electron chi connectivity index (χ0n) is 10.5. The lowest BCUT2D eigenvalue weighted by Crippen LogP contribution is -2.38. The maximum Gasteiger partial charge on any atom is 0.0477 e. The third-order valence-electron chi connectivity index (χ3n) is 3.39. The summed E-state index contributed by atoms with van der Waals surface area (Å²) in [6.07, 6.45) is 0.987. The third kappa shape index (κ3) is 4.11. The molecule has 0 bridgehead atoms. The van der Waals surface area contributed by atoms with E-state index in [0.717, 1.165) is 19.6 Å². The van der Waals surface area contributed by atoms with Crippen LogP contribution in [-0.4, -0.2) is 32.3 Å². The molecule has 5 heteroatoms. The fourth-order valence-corrected chi connectivity index (χ4v) is 2.41. The molecule has 18 heavy (non-hydrogen) atoms. The molecule has 3 nitrogen and oxygen atoms in total. The number of hydrogen-bond acceptors (Lipinski definition) is 3. The molecule has 1 aromatic carbocycles. The van der Waals surface area contributed by atoms with E-state index >= 15 is 0 Å². The van der Waals surface area contributed by atoms with Gasteiger partial charge in [0.05, 0.1) is 0 Å². The van der Waals surface area contributed by atoms with Crippen LogP contribution in [-0.2, 0) is 4.74 Å². The molecule has 1 heterocycles. The summed E-state index contributed by atoms with van der Waals surface area (Å²) < 4.78 is 5.10. The monoisotopic (exact) mass is 292 g/mol. The Kier molecular flexibility index (Phi) is 8.57. The van der Waals surface area contributed by atoms with Crippen molar-refractivity contribution in [1.29, 1.82) is 0 Å². The Morgan fingerprint density at radius 1 is 1.28 bits per heavy atom. The first-order valence-electron chi connectivity index (χ1n) is 5.86. The molecule has 3 atom stereocenters. The molecule has 0 spiro atoms. The molecule has 1 aliphatic rings. The van der Waals surface area contributed by atoms with E-state index < -0.39 is 0 Å².